The van der Waals surface area contributed by atoms with Crippen LogP contribution in [0.3, 0.4) is 0 Å². The van der Waals surface area contributed by atoms with Crippen LogP contribution in [0.5, 0.6) is 0 Å². The molecule has 3 rings (SSSR count). The first kappa shape index (κ1) is 17.3. The molecule has 2 amide bonds. The predicted molar refractivity (Wildman–Crippen MR) is 95.5 cm³/mol. The van der Waals surface area contributed by atoms with Crippen molar-refractivity contribution < 1.29 is 9.59 Å². The van der Waals surface area contributed by atoms with Crippen molar-refractivity contribution in [2.75, 3.05) is 18.2 Å². The highest BCUT2D eigenvalue weighted by atomic mass is 32.2. The molecule has 24 heavy (non-hydrogen) atoms. The van der Waals surface area contributed by atoms with Gasteiger partial charge in [0.2, 0.25) is 11.8 Å². The van der Waals surface area contributed by atoms with E-state index in [0.29, 0.717) is 24.1 Å². The van der Waals surface area contributed by atoms with E-state index in [2.05, 4.69) is 24.1 Å². The summed E-state index contributed by atoms with van der Waals surface area (Å²) in [6, 6.07) is 3.62. The summed E-state index contributed by atoms with van der Waals surface area (Å²) in [5.74, 6) is 2.28. The normalized spacial score (nSPS) is 25.8. The van der Waals surface area contributed by atoms with Gasteiger partial charge in [-0.3, -0.25) is 14.6 Å². The first-order valence-corrected chi connectivity index (χ1v) is 9.79. The van der Waals surface area contributed by atoms with Gasteiger partial charge >= 0.3 is 0 Å². The summed E-state index contributed by atoms with van der Waals surface area (Å²) in [4.78, 5) is 31.1. The fraction of sp³-hybridized carbons (Fsp3) is 0.611. The number of nitrogens with one attached hydrogen (secondary N) is 1. The van der Waals surface area contributed by atoms with E-state index < -0.39 is 0 Å². The maximum Gasteiger partial charge on any atom is 0.243 e. The minimum Gasteiger partial charge on any atom is -0.354 e. The van der Waals surface area contributed by atoms with Crippen LogP contribution in [0.2, 0.25) is 0 Å². The Balaban J connectivity index is 1.56. The van der Waals surface area contributed by atoms with Gasteiger partial charge in [0.15, 0.2) is 0 Å². The average molecular weight is 347 g/mol. The molecule has 1 aromatic rings. The Bertz CT molecular complexity index is 593. The SMILES string of the molecule is CC(C)CCNC(=O)[C@@H]1CSCN1C(=O)[C@H]1C[C@H]1c1cccnc1. The van der Waals surface area contributed by atoms with Crippen molar-refractivity contribution in [2.45, 2.75) is 38.6 Å². The molecular formula is C18H25N3O2S. The van der Waals surface area contributed by atoms with Crippen molar-refractivity contribution in [3.63, 3.8) is 0 Å². The summed E-state index contributed by atoms with van der Waals surface area (Å²) in [5.41, 5.74) is 1.13. The van der Waals surface area contributed by atoms with E-state index in [1.54, 1.807) is 22.9 Å². The number of thioether (sulfide) groups is 1. The average Bonchev–Trinajstić information content (AvgIpc) is 3.22. The molecule has 1 N–H and O–H groups in total. The Morgan fingerprint density at radius 2 is 2.29 bits per heavy atom. The van der Waals surface area contributed by atoms with Crippen molar-refractivity contribution in [1.29, 1.82) is 0 Å². The zero-order chi connectivity index (χ0) is 17.1. The molecule has 1 aromatic heterocycles. The molecule has 0 aromatic carbocycles. The van der Waals surface area contributed by atoms with Gasteiger partial charge in [0.25, 0.3) is 0 Å². The van der Waals surface area contributed by atoms with Gasteiger partial charge in [-0.2, -0.15) is 0 Å². The molecule has 2 heterocycles. The molecule has 0 spiro atoms. The largest absolute Gasteiger partial charge is 0.354 e. The zero-order valence-corrected chi connectivity index (χ0v) is 15.1. The maximum atomic E-state index is 12.8. The lowest BCUT2D eigenvalue weighted by atomic mass is 10.1. The van der Waals surface area contributed by atoms with Crippen molar-refractivity contribution in [3.8, 4) is 0 Å². The molecule has 130 valence electrons. The molecule has 2 aliphatic rings. The summed E-state index contributed by atoms with van der Waals surface area (Å²) in [6.07, 6.45) is 5.42. The van der Waals surface area contributed by atoms with Crippen LogP contribution in [0.25, 0.3) is 0 Å². The summed E-state index contributed by atoms with van der Waals surface area (Å²) >= 11 is 1.66. The van der Waals surface area contributed by atoms with Crippen LogP contribution in [0, 0.1) is 11.8 Å². The highest BCUT2D eigenvalue weighted by Gasteiger charge is 2.48. The third-order valence-electron chi connectivity index (χ3n) is 4.71. The van der Waals surface area contributed by atoms with E-state index in [0.717, 1.165) is 18.4 Å². The quantitative estimate of drug-likeness (QED) is 0.857. The third-order valence-corrected chi connectivity index (χ3v) is 5.72. The van der Waals surface area contributed by atoms with Crippen LogP contribution >= 0.6 is 11.8 Å². The number of rotatable bonds is 6. The molecular weight excluding hydrogens is 322 g/mol. The Morgan fingerprint density at radius 3 is 3.00 bits per heavy atom. The van der Waals surface area contributed by atoms with E-state index >= 15 is 0 Å². The maximum absolute atomic E-state index is 12.8. The third kappa shape index (κ3) is 3.91. The topological polar surface area (TPSA) is 62.3 Å². The molecule has 1 aliphatic carbocycles. The summed E-state index contributed by atoms with van der Waals surface area (Å²) in [7, 11) is 0. The number of carbonyl (C=O) groups excluding carboxylic acids is 2. The van der Waals surface area contributed by atoms with Gasteiger partial charge in [0.05, 0.1) is 5.88 Å². The van der Waals surface area contributed by atoms with Gasteiger partial charge in [0, 0.05) is 30.6 Å². The Labute approximate surface area is 147 Å². The minimum absolute atomic E-state index is 0.00687. The lowest BCUT2D eigenvalue weighted by Crippen LogP contribution is -2.48. The van der Waals surface area contributed by atoms with Crippen LogP contribution < -0.4 is 5.32 Å². The van der Waals surface area contributed by atoms with Gasteiger partial charge in [0.1, 0.15) is 6.04 Å². The minimum atomic E-state index is -0.315. The lowest BCUT2D eigenvalue weighted by Gasteiger charge is -2.23. The zero-order valence-electron chi connectivity index (χ0n) is 14.3. The molecule has 5 nitrogen and oxygen atoms in total. The Morgan fingerprint density at radius 1 is 1.46 bits per heavy atom. The van der Waals surface area contributed by atoms with E-state index in [4.69, 9.17) is 0 Å². The first-order valence-electron chi connectivity index (χ1n) is 8.63. The number of hydrogen-bond acceptors (Lipinski definition) is 4. The standard InChI is InChI=1S/C18H25N3O2S/c1-12(2)5-7-20-17(22)16-10-24-11-21(16)18(23)15-8-14(15)13-4-3-6-19-9-13/h3-4,6,9,12,14-16H,5,7-8,10-11H2,1-2H3,(H,20,22)/t14-,15-,16-/m0/s1. The van der Waals surface area contributed by atoms with E-state index in [9.17, 15) is 9.59 Å². The molecule has 6 heteroatoms. The monoisotopic (exact) mass is 347 g/mol. The number of carbonyl (C=O) groups is 2. The lowest BCUT2D eigenvalue weighted by molar-refractivity contribution is -0.139. The molecule has 1 saturated heterocycles. The number of nitrogens with zero attached hydrogens (tertiary/aromatic N) is 2. The highest BCUT2D eigenvalue weighted by Crippen LogP contribution is 2.49. The second kappa shape index (κ2) is 7.55. The molecule has 1 saturated carbocycles. The van der Waals surface area contributed by atoms with E-state index in [1.165, 1.54) is 0 Å². The second-order valence-corrected chi connectivity index (χ2v) is 8.03. The van der Waals surface area contributed by atoms with Crippen molar-refractivity contribution >= 4 is 23.6 Å². The smallest absolute Gasteiger partial charge is 0.243 e. The van der Waals surface area contributed by atoms with Crippen molar-refractivity contribution in [2.24, 2.45) is 11.8 Å². The molecule has 0 bridgehead atoms. The fourth-order valence-electron chi connectivity index (χ4n) is 3.12. The van der Waals surface area contributed by atoms with Crippen LogP contribution in [0.15, 0.2) is 24.5 Å². The van der Waals surface area contributed by atoms with E-state index in [1.807, 2.05) is 18.3 Å². The molecule has 1 aliphatic heterocycles. The van der Waals surface area contributed by atoms with Crippen LogP contribution in [0.1, 0.15) is 38.2 Å². The van der Waals surface area contributed by atoms with Gasteiger partial charge in [-0.1, -0.05) is 19.9 Å². The predicted octanol–water partition coefficient (Wildman–Crippen LogP) is 2.25. The van der Waals surface area contributed by atoms with Crippen LogP contribution in [-0.4, -0.2) is 45.9 Å². The first-order chi connectivity index (χ1) is 11.6. The van der Waals surface area contributed by atoms with Crippen molar-refractivity contribution in [3.05, 3.63) is 30.1 Å². The van der Waals surface area contributed by atoms with E-state index in [-0.39, 0.29) is 29.7 Å². The molecule has 0 radical (unpaired) electrons. The van der Waals surface area contributed by atoms with Gasteiger partial charge < -0.3 is 10.2 Å². The van der Waals surface area contributed by atoms with Gasteiger partial charge in [-0.05, 0) is 36.3 Å². The molecule has 0 unspecified atom stereocenters. The van der Waals surface area contributed by atoms with Crippen LogP contribution in [-0.2, 0) is 9.59 Å². The van der Waals surface area contributed by atoms with Gasteiger partial charge in [-0.15, -0.1) is 11.8 Å². The Kier molecular flexibility index (Phi) is 5.43. The summed E-state index contributed by atoms with van der Waals surface area (Å²) in [6.45, 7) is 4.96. The Hall–Kier alpha value is -1.56. The number of amides is 2. The highest BCUT2D eigenvalue weighted by molar-refractivity contribution is 7.99. The fourth-order valence-corrected chi connectivity index (χ4v) is 4.29. The summed E-state index contributed by atoms with van der Waals surface area (Å²) < 4.78 is 0. The van der Waals surface area contributed by atoms with Crippen molar-refractivity contribution in [1.82, 2.24) is 15.2 Å². The van der Waals surface area contributed by atoms with Gasteiger partial charge in [-0.25, -0.2) is 0 Å². The second-order valence-electron chi connectivity index (χ2n) is 7.03. The molecule has 3 atom stereocenters. The number of aromatic nitrogens is 1. The number of hydrogen-bond donors (Lipinski definition) is 1. The van der Waals surface area contributed by atoms with Crippen LogP contribution in [0.4, 0.5) is 0 Å². The molecule has 2 fully saturated rings. The summed E-state index contributed by atoms with van der Waals surface area (Å²) in [5, 5.41) is 2.99. The number of pyridine rings is 1.